The molecule has 12 heavy (non-hydrogen) atoms. The zero-order valence-electron chi connectivity index (χ0n) is 6.29. The fourth-order valence-electron chi connectivity index (χ4n) is 1.21. The summed E-state index contributed by atoms with van der Waals surface area (Å²) in [6.45, 7) is 0.676. The van der Waals surface area contributed by atoms with Gasteiger partial charge in [0.25, 0.3) is 0 Å². The van der Waals surface area contributed by atoms with Crippen LogP contribution in [0.3, 0.4) is 0 Å². The highest BCUT2D eigenvalue weighted by atomic mass is 32.1. The van der Waals surface area contributed by atoms with Crippen molar-refractivity contribution in [3.05, 3.63) is 23.8 Å². The van der Waals surface area contributed by atoms with Gasteiger partial charge < -0.3 is 15.7 Å². The van der Waals surface area contributed by atoms with E-state index in [9.17, 15) is 5.11 Å². The lowest BCUT2D eigenvalue weighted by Crippen LogP contribution is -2.32. The van der Waals surface area contributed by atoms with Crippen molar-refractivity contribution in [3.8, 4) is 5.75 Å². The molecule has 0 saturated carbocycles. The van der Waals surface area contributed by atoms with Crippen LogP contribution in [0.15, 0.2) is 18.2 Å². The van der Waals surface area contributed by atoms with Crippen LogP contribution in [-0.2, 0) is 6.54 Å². The second-order valence-electron chi connectivity index (χ2n) is 2.62. The molecule has 0 unspecified atom stereocenters. The summed E-state index contributed by atoms with van der Waals surface area (Å²) in [5.41, 5.74) is 1.75. The second-order valence-corrected chi connectivity index (χ2v) is 3.03. The van der Waals surface area contributed by atoms with Crippen LogP contribution in [0.2, 0.25) is 0 Å². The highest BCUT2D eigenvalue weighted by Crippen LogP contribution is 2.28. The molecule has 0 radical (unpaired) electrons. The van der Waals surface area contributed by atoms with Gasteiger partial charge in [-0.1, -0.05) is 12.1 Å². The van der Waals surface area contributed by atoms with Gasteiger partial charge in [0, 0.05) is 6.54 Å². The fourth-order valence-corrected chi connectivity index (χ4v) is 1.39. The van der Waals surface area contributed by atoms with Gasteiger partial charge in [0.15, 0.2) is 5.11 Å². The van der Waals surface area contributed by atoms with Gasteiger partial charge in [0.2, 0.25) is 0 Å². The van der Waals surface area contributed by atoms with Crippen LogP contribution < -0.4 is 10.6 Å². The van der Waals surface area contributed by atoms with Crippen molar-refractivity contribution >= 4 is 23.0 Å². The summed E-state index contributed by atoms with van der Waals surface area (Å²) >= 11 is 4.91. The van der Waals surface area contributed by atoms with E-state index >= 15 is 0 Å². The zero-order valence-corrected chi connectivity index (χ0v) is 7.11. The normalized spacial score (nSPS) is 14.5. The van der Waals surface area contributed by atoms with Gasteiger partial charge in [-0.25, -0.2) is 0 Å². The van der Waals surface area contributed by atoms with Gasteiger partial charge in [0.05, 0.1) is 5.69 Å². The lowest BCUT2D eigenvalue weighted by atomic mass is 10.1. The molecule has 0 saturated heterocycles. The van der Waals surface area contributed by atoms with Gasteiger partial charge in [-0.05, 0) is 23.8 Å². The maximum absolute atomic E-state index is 9.42. The minimum atomic E-state index is 0.247. The van der Waals surface area contributed by atoms with E-state index in [1.165, 1.54) is 0 Å². The van der Waals surface area contributed by atoms with Crippen molar-refractivity contribution < 1.29 is 5.11 Å². The molecule has 62 valence electrons. The number of phenolic OH excluding ortho intramolecular Hbond substituents is 1. The van der Waals surface area contributed by atoms with E-state index in [1.54, 1.807) is 6.07 Å². The van der Waals surface area contributed by atoms with E-state index < -0.39 is 0 Å². The molecule has 0 amide bonds. The highest BCUT2D eigenvalue weighted by Gasteiger charge is 2.13. The van der Waals surface area contributed by atoms with Crippen molar-refractivity contribution in [1.29, 1.82) is 0 Å². The summed E-state index contributed by atoms with van der Waals surface area (Å²) in [5.74, 6) is 0.247. The molecule has 0 bridgehead atoms. The minimum Gasteiger partial charge on any atom is -0.506 e. The number of hydrogen-bond donors (Lipinski definition) is 3. The number of aromatic hydroxyl groups is 1. The average molecular weight is 180 g/mol. The zero-order chi connectivity index (χ0) is 8.55. The standard InChI is InChI=1S/C8H8N2OS/c11-6-3-1-2-5-4-9-8(12)10-7(5)6/h1-3,11H,4H2,(H2,9,10,12). The number of anilines is 1. The van der Waals surface area contributed by atoms with Crippen molar-refractivity contribution in [3.63, 3.8) is 0 Å². The third-order valence-corrected chi connectivity index (χ3v) is 2.05. The molecule has 0 aromatic heterocycles. The topological polar surface area (TPSA) is 44.3 Å². The maximum atomic E-state index is 9.42. The summed E-state index contributed by atoms with van der Waals surface area (Å²) in [6, 6.07) is 5.39. The maximum Gasteiger partial charge on any atom is 0.171 e. The lowest BCUT2D eigenvalue weighted by molar-refractivity contribution is 0.476. The van der Waals surface area contributed by atoms with Gasteiger partial charge >= 0.3 is 0 Å². The smallest absolute Gasteiger partial charge is 0.171 e. The summed E-state index contributed by atoms with van der Waals surface area (Å²) in [4.78, 5) is 0. The predicted molar refractivity (Wildman–Crippen MR) is 51.2 cm³/mol. The van der Waals surface area contributed by atoms with Crippen LogP contribution in [0.25, 0.3) is 0 Å². The Morgan fingerprint density at radius 3 is 3.08 bits per heavy atom. The molecular formula is C8H8N2OS. The Kier molecular flexibility index (Phi) is 1.62. The second kappa shape index (κ2) is 2.64. The van der Waals surface area contributed by atoms with Crippen LogP contribution in [0, 0.1) is 0 Å². The molecule has 1 heterocycles. The first-order valence-electron chi connectivity index (χ1n) is 3.63. The van der Waals surface area contributed by atoms with E-state index in [1.807, 2.05) is 12.1 Å². The molecule has 2 rings (SSSR count). The van der Waals surface area contributed by atoms with Gasteiger partial charge in [0.1, 0.15) is 5.75 Å². The van der Waals surface area contributed by atoms with Crippen molar-refractivity contribution in [1.82, 2.24) is 5.32 Å². The molecule has 1 aliphatic rings. The van der Waals surface area contributed by atoms with Gasteiger partial charge in [-0.3, -0.25) is 0 Å². The first-order chi connectivity index (χ1) is 5.77. The van der Waals surface area contributed by atoms with E-state index in [2.05, 4.69) is 10.6 Å². The largest absolute Gasteiger partial charge is 0.506 e. The molecule has 3 nitrogen and oxygen atoms in total. The van der Waals surface area contributed by atoms with E-state index in [-0.39, 0.29) is 5.75 Å². The number of nitrogens with one attached hydrogen (secondary N) is 2. The van der Waals surface area contributed by atoms with Crippen LogP contribution >= 0.6 is 12.2 Å². The Morgan fingerprint density at radius 1 is 1.42 bits per heavy atom. The van der Waals surface area contributed by atoms with Gasteiger partial charge in [-0.2, -0.15) is 0 Å². The summed E-state index contributed by atoms with van der Waals surface area (Å²) in [5, 5.41) is 15.9. The number of hydrogen-bond acceptors (Lipinski definition) is 2. The Labute approximate surface area is 75.4 Å². The Bertz CT molecular complexity index is 338. The van der Waals surface area contributed by atoms with Crippen molar-refractivity contribution in [2.45, 2.75) is 6.54 Å². The summed E-state index contributed by atoms with van der Waals surface area (Å²) < 4.78 is 0. The van der Waals surface area contributed by atoms with Gasteiger partial charge in [-0.15, -0.1) is 0 Å². The third kappa shape index (κ3) is 1.10. The molecule has 0 spiro atoms. The molecule has 4 heteroatoms. The monoisotopic (exact) mass is 180 g/mol. The molecule has 1 aromatic rings. The summed E-state index contributed by atoms with van der Waals surface area (Å²) in [6.07, 6.45) is 0. The Morgan fingerprint density at radius 2 is 2.25 bits per heavy atom. The van der Waals surface area contributed by atoms with E-state index in [0.717, 1.165) is 11.3 Å². The van der Waals surface area contributed by atoms with Crippen LogP contribution in [0.5, 0.6) is 5.75 Å². The summed E-state index contributed by atoms with van der Waals surface area (Å²) in [7, 11) is 0. The number of rotatable bonds is 0. The molecule has 1 aliphatic heterocycles. The third-order valence-electron chi connectivity index (χ3n) is 1.81. The number of benzene rings is 1. The van der Waals surface area contributed by atoms with Crippen LogP contribution in [0.4, 0.5) is 5.69 Å². The molecule has 0 fully saturated rings. The van der Waals surface area contributed by atoms with E-state index in [4.69, 9.17) is 12.2 Å². The Balaban J connectivity index is 2.50. The first-order valence-corrected chi connectivity index (χ1v) is 4.04. The molecule has 0 atom stereocenters. The van der Waals surface area contributed by atoms with Crippen LogP contribution in [-0.4, -0.2) is 10.2 Å². The lowest BCUT2D eigenvalue weighted by Gasteiger charge is -2.20. The average Bonchev–Trinajstić information content (AvgIpc) is 2.07. The van der Waals surface area contributed by atoms with E-state index in [0.29, 0.717) is 11.7 Å². The van der Waals surface area contributed by atoms with Crippen LogP contribution in [0.1, 0.15) is 5.56 Å². The molecular weight excluding hydrogens is 172 g/mol. The fraction of sp³-hybridized carbons (Fsp3) is 0.125. The van der Waals surface area contributed by atoms with Crippen molar-refractivity contribution in [2.75, 3.05) is 5.32 Å². The number of fused-ring (bicyclic) bond motifs is 1. The van der Waals surface area contributed by atoms with Crippen molar-refractivity contribution in [2.24, 2.45) is 0 Å². The molecule has 0 aliphatic carbocycles. The molecule has 3 N–H and O–H groups in total. The SMILES string of the molecule is Oc1cccc2c1NC(=S)NC2. The number of para-hydroxylation sites is 1. The predicted octanol–water partition coefficient (Wildman–Crippen LogP) is 1.19. The number of thiocarbonyl (C=S) groups is 1. The quantitative estimate of drug-likeness (QED) is 0.414. The number of phenols is 1. The Hall–Kier alpha value is -1.29. The highest BCUT2D eigenvalue weighted by molar-refractivity contribution is 7.80. The first kappa shape index (κ1) is 7.36. The molecule has 1 aromatic carbocycles. The minimum absolute atomic E-state index is 0.247.